The smallest absolute Gasteiger partial charge is 0.264 e. The molecule has 4 rings (SSSR count). The van der Waals surface area contributed by atoms with Gasteiger partial charge in [-0.15, -0.1) is 0 Å². The number of carbonyl (C=O) groups excluding carboxylic acids is 2. The number of carbonyl (C=O) groups is 2. The molecule has 1 aliphatic heterocycles. The van der Waals surface area contributed by atoms with Crippen molar-refractivity contribution in [2.45, 2.75) is 18.6 Å². The highest BCUT2D eigenvalue weighted by Crippen LogP contribution is 2.44. The number of Topliss-reactive ketones (excluding diaryl/α,β-unsaturated/α-hetero) is 1. The first kappa shape index (κ1) is 19.2. The Labute approximate surface area is 171 Å². The Morgan fingerprint density at radius 2 is 1.86 bits per heavy atom. The summed E-state index contributed by atoms with van der Waals surface area (Å²) in [4.78, 5) is 31.1. The molecule has 0 radical (unpaired) electrons. The van der Waals surface area contributed by atoms with Gasteiger partial charge in [-0.1, -0.05) is 41.9 Å². The van der Waals surface area contributed by atoms with Crippen molar-refractivity contribution in [1.29, 1.82) is 0 Å². The molecule has 146 valence electrons. The van der Waals surface area contributed by atoms with E-state index < -0.39 is 29.5 Å². The van der Waals surface area contributed by atoms with Gasteiger partial charge >= 0.3 is 0 Å². The number of hydrogen-bond donors (Lipinski definition) is 1. The summed E-state index contributed by atoms with van der Waals surface area (Å²) in [5, 5.41) is 11.4. The molecule has 1 unspecified atom stereocenters. The van der Waals surface area contributed by atoms with Crippen LogP contribution in [-0.2, 0) is 16.9 Å². The van der Waals surface area contributed by atoms with Gasteiger partial charge in [-0.25, -0.2) is 4.39 Å². The van der Waals surface area contributed by atoms with Crippen LogP contribution >= 0.6 is 11.6 Å². The maximum Gasteiger partial charge on any atom is 0.264 e. The van der Waals surface area contributed by atoms with E-state index in [1.165, 1.54) is 35.4 Å². The molecule has 0 spiro atoms. The summed E-state index contributed by atoms with van der Waals surface area (Å²) in [5.74, 6) is -1.73. The summed E-state index contributed by atoms with van der Waals surface area (Å²) >= 11 is 6.12. The third kappa shape index (κ3) is 3.30. The van der Waals surface area contributed by atoms with Crippen LogP contribution in [0.3, 0.4) is 0 Å². The van der Waals surface area contributed by atoms with Gasteiger partial charge in [0.2, 0.25) is 0 Å². The molecule has 7 heteroatoms. The van der Waals surface area contributed by atoms with Crippen molar-refractivity contribution in [2.24, 2.45) is 0 Å². The minimum Gasteiger partial charge on any atom is -0.375 e. The predicted octanol–water partition coefficient (Wildman–Crippen LogP) is 3.88. The van der Waals surface area contributed by atoms with Crippen molar-refractivity contribution in [3.05, 3.63) is 94.5 Å². The molecule has 1 aromatic heterocycles. The Morgan fingerprint density at radius 1 is 1.10 bits per heavy atom. The first-order chi connectivity index (χ1) is 13.9. The van der Waals surface area contributed by atoms with Gasteiger partial charge < -0.3 is 10.0 Å². The van der Waals surface area contributed by atoms with Gasteiger partial charge in [-0.05, 0) is 30.3 Å². The molecule has 0 bridgehead atoms. The number of aliphatic hydroxyl groups is 1. The van der Waals surface area contributed by atoms with E-state index in [4.69, 9.17) is 11.6 Å². The molecule has 0 saturated carbocycles. The Morgan fingerprint density at radius 3 is 2.59 bits per heavy atom. The maximum absolute atomic E-state index is 14.3. The maximum atomic E-state index is 14.3. The number of hydrogen-bond acceptors (Lipinski definition) is 4. The quantitative estimate of drug-likeness (QED) is 0.648. The average Bonchev–Trinajstić information content (AvgIpc) is 2.93. The SMILES string of the molecule is O=C(CC1(O)C(=O)N(Cc2c(F)cccc2Cl)c2ccccc21)c1ccccn1. The van der Waals surface area contributed by atoms with Crippen LogP contribution in [0.5, 0.6) is 0 Å². The fourth-order valence-electron chi connectivity index (χ4n) is 3.53. The van der Waals surface area contributed by atoms with E-state index in [0.29, 0.717) is 11.3 Å². The molecule has 3 aromatic rings. The van der Waals surface area contributed by atoms with Crippen molar-refractivity contribution in [3.63, 3.8) is 0 Å². The van der Waals surface area contributed by atoms with Gasteiger partial charge in [0, 0.05) is 22.3 Å². The Kier molecular flexibility index (Phi) is 4.90. The Hall–Kier alpha value is -3.09. The molecule has 5 nitrogen and oxygen atoms in total. The van der Waals surface area contributed by atoms with E-state index in [1.807, 2.05) is 0 Å². The lowest BCUT2D eigenvalue weighted by atomic mass is 9.89. The molecule has 1 N–H and O–H groups in total. The topological polar surface area (TPSA) is 70.5 Å². The molecule has 0 fully saturated rings. The Bertz CT molecular complexity index is 1090. The van der Waals surface area contributed by atoms with Gasteiger partial charge in [-0.2, -0.15) is 0 Å². The highest BCUT2D eigenvalue weighted by atomic mass is 35.5. The minimum atomic E-state index is -2.07. The van der Waals surface area contributed by atoms with Crippen molar-refractivity contribution in [1.82, 2.24) is 4.98 Å². The van der Waals surface area contributed by atoms with E-state index in [0.717, 1.165) is 0 Å². The predicted molar refractivity (Wildman–Crippen MR) is 106 cm³/mol. The lowest BCUT2D eigenvalue weighted by Gasteiger charge is -2.23. The van der Waals surface area contributed by atoms with Gasteiger partial charge in [0.25, 0.3) is 5.91 Å². The first-order valence-corrected chi connectivity index (χ1v) is 9.30. The number of benzene rings is 2. The van der Waals surface area contributed by atoms with Crippen molar-refractivity contribution >= 4 is 29.0 Å². The van der Waals surface area contributed by atoms with Crippen LogP contribution in [0, 0.1) is 5.82 Å². The zero-order valence-electron chi connectivity index (χ0n) is 15.2. The molecule has 1 amide bonds. The number of nitrogens with zero attached hydrogens (tertiary/aromatic N) is 2. The summed E-state index contributed by atoms with van der Waals surface area (Å²) in [6.45, 7) is -0.165. The fourth-order valence-corrected chi connectivity index (χ4v) is 3.75. The molecule has 1 aliphatic rings. The minimum absolute atomic E-state index is 0.137. The molecule has 2 aromatic carbocycles. The molecular formula is C22H16ClFN2O3. The van der Waals surface area contributed by atoms with Crippen LogP contribution < -0.4 is 4.90 Å². The normalized spacial score (nSPS) is 18.0. The van der Waals surface area contributed by atoms with E-state index >= 15 is 0 Å². The number of para-hydroxylation sites is 1. The Balaban J connectivity index is 1.72. The number of halogens is 2. The molecule has 29 heavy (non-hydrogen) atoms. The standard InChI is InChI=1S/C22H16ClFN2O3/c23-16-7-5-8-17(24)14(16)13-26-19-10-2-1-6-15(19)22(29,21(26)28)12-20(27)18-9-3-4-11-25-18/h1-11,29H,12-13H2. The zero-order chi connectivity index (χ0) is 20.6. The molecule has 0 aliphatic carbocycles. The van der Waals surface area contributed by atoms with E-state index in [9.17, 15) is 19.1 Å². The molecule has 0 saturated heterocycles. The molecule has 1 atom stereocenters. The highest BCUT2D eigenvalue weighted by Gasteiger charge is 2.51. The van der Waals surface area contributed by atoms with Crippen LogP contribution in [0.2, 0.25) is 5.02 Å². The van der Waals surface area contributed by atoms with E-state index in [2.05, 4.69) is 4.98 Å². The lowest BCUT2D eigenvalue weighted by molar-refractivity contribution is -0.136. The highest BCUT2D eigenvalue weighted by molar-refractivity contribution is 6.31. The number of aromatic nitrogens is 1. The summed E-state index contributed by atoms with van der Waals surface area (Å²) in [6.07, 6.45) is 0.996. The largest absolute Gasteiger partial charge is 0.375 e. The van der Waals surface area contributed by atoms with Crippen molar-refractivity contribution in [3.8, 4) is 0 Å². The third-order valence-corrected chi connectivity index (χ3v) is 5.34. The number of rotatable bonds is 5. The number of anilines is 1. The summed E-state index contributed by atoms with van der Waals surface area (Å²) in [5.41, 5.74) is -1.07. The van der Waals surface area contributed by atoms with Crippen molar-refractivity contribution < 1.29 is 19.1 Å². The summed E-state index contributed by atoms with van der Waals surface area (Å²) in [7, 11) is 0. The van der Waals surface area contributed by atoms with Gasteiger partial charge in [0.15, 0.2) is 11.4 Å². The number of fused-ring (bicyclic) bond motifs is 1. The second kappa shape index (κ2) is 7.39. The van der Waals surface area contributed by atoms with Crippen molar-refractivity contribution in [2.75, 3.05) is 4.90 Å². The van der Waals surface area contributed by atoms with Gasteiger partial charge in [0.1, 0.15) is 11.5 Å². The fraction of sp³-hybridized carbons (Fsp3) is 0.136. The second-order valence-corrected chi connectivity index (χ2v) is 7.19. The van der Waals surface area contributed by atoms with E-state index in [-0.39, 0.29) is 22.8 Å². The van der Waals surface area contributed by atoms with Gasteiger partial charge in [-0.3, -0.25) is 14.6 Å². The second-order valence-electron chi connectivity index (χ2n) is 6.78. The van der Waals surface area contributed by atoms with Gasteiger partial charge in [0.05, 0.1) is 18.7 Å². The third-order valence-electron chi connectivity index (χ3n) is 4.98. The molecule has 2 heterocycles. The molecular weight excluding hydrogens is 395 g/mol. The van der Waals surface area contributed by atoms with Crippen LogP contribution in [0.1, 0.15) is 28.0 Å². The van der Waals surface area contributed by atoms with Crippen LogP contribution in [0.4, 0.5) is 10.1 Å². The van der Waals surface area contributed by atoms with Crippen LogP contribution in [-0.4, -0.2) is 21.8 Å². The van der Waals surface area contributed by atoms with E-state index in [1.54, 1.807) is 36.4 Å². The number of pyridine rings is 1. The number of amides is 1. The summed E-state index contributed by atoms with van der Waals surface area (Å²) < 4.78 is 14.3. The summed E-state index contributed by atoms with van der Waals surface area (Å²) in [6, 6.07) is 15.7. The first-order valence-electron chi connectivity index (χ1n) is 8.93. The average molecular weight is 411 g/mol. The lowest BCUT2D eigenvalue weighted by Crippen LogP contribution is -2.41. The zero-order valence-corrected chi connectivity index (χ0v) is 15.9. The van der Waals surface area contributed by atoms with Crippen LogP contribution in [0.15, 0.2) is 66.9 Å². The van der Waals surface area contributed by atoms with Crippen LogP contribution in [0.25, 0.3) is 0 Å². The number of ketones is 1. The monoisotopic (exact) mass is 410 g/mol.